The minimum atomic E-state index is -1.04. The lowest BCUT2D eigenvalue weighted by atomic mass is 10.1. The SMILES string of the molecule is Cc1ccc(C(=O)O)cc1NC(=O)c1ccc(Cl)cc1Br. The Kier molecular flexibility index (Phi) is 4.65. The van der Waals surface area contributed by atoms with Crippen LogP contribution < -0.4 is 5.32 Å². The normalized spacial score (nSPS) is 10.2. The van der Waals surface area contributed by atoms with Gasteiger partial charge < -0.3 is 10.4 Å². The van der Waals surface area contributed by atoms with Gasteiger partial charge in [0, 0.05) is 15.2 Å². The van der Waals surface area contributed by atoms with E-state index in [0.29, 0.717) is 20.7 Å². The predicted molar refractivity (Wildman–Crippen MR) is 85.2 cm³/mol. The summed E-state index contributed by atoms with van der Waals surface area (Å²) >= 11 is 9.11. The number of amides is 1. The smallest absolute Gasteiger partial charge is 0.335 e. The molecule has 2 N–H and O–H groups in total. The van der Waals surface area contributed by atoms with E-state index in [2.05, 4.69) is 21.2 Å². The Labute approximate surface area is 134 Å². The summed E-state index contributed by atoms with van der Waals surface area (Å²) in [4.78, 5) is 23.2. The van der Waals surface area contributed by atoms with Gasteiger partial charge in [-0.3, -0.25) is 4.79 Å². The molecule has 6 heteroatoms. The van der Waals surface area contributed by atoms with Crippen molar-refractivity contribution in [2.45, 2.75) is 6.92 Å². The van der Waals surface area contributed by atoms with Gasteiger partial charge in [-0.25, -0.2) is 4.79 Å². The standard InChI is InChI=1S/C15H11BrClNO3/c1-8-2-3-9(15(20)21)6-13(8)18-14(19)11-5-4-10(17)7-12(11)16/h2-7H,1H3,(H,18,19)(H,20,21). The molecule has 0 heterocycles. The highest BCUT2D eigenvalue weighted by atomic mass is 79.9. The van der Waals surface area contributed by atoms with Crippen molar-refractivity contribution in [3.8, 4) is 0 Å². The molecule has 1 amide bonds. The number of carboxylic acids is 1. The summed E-state index contributed by atoms with van der Waals surface area (Å²) in [5, 5.41) is 12.2. The maximum Gasteiger partial charge on any atom is 0.335 e. The first-order valence-electron chi connectivity index (χ1n) is 5.99. The molecule has 2 aromatic rings. The maximum absolute atomic E-state index is 12.2. The molecule has 0 saturated heterocycles. The fourth-order valence-corrected chi connectivity index (χ4v) is 2.62. The Morgan fingerprint density at radius 3 is 2.52 bits per heavy atom. The summed E-state index contributed by atoms with van der Waals surface area (Å²) in [5.74, 6) is -1.39. The van der Waals surface area contributed by atoms with Crippen LogP contribution in [0.5, 0.6) is 0 Å². The van der Waals surface area contributed by atoms with Gasteiger partial charge >= 0.3 is 5.97 Å². The summed E-state index contributed by atoms with van der Waals surface area (Å²) in [6.07, 6.45) is 0. The van der Waals surface area contributed by atoms with Crippen molar-refractivity contribution in [2.24, 2.45) is 0 Å². The molecule has 21 heavy (non-hydrogen) atoms. The Hall–Kier alpha value is -1.85. The molecule has 0 aliphatic carbocycles. The van der Waals surface area contributed by atoms with Crippen LogP contribution >= 0.6 is 27.5 Å². The minimum Gasteiger partial charge on any atom is -0.478 e. The highest BCUT2D eigenvalue weighted by molar-refractivity contribution is 9.10. The average molecular weight is 369 g/mol. The zero-order valence-corrected chi connectivity index (χ0v) is 13.3. The lowest BCUT2D eigenvalue weighted by molar-refractivity contribution is 0.0696. The molecule has 0 aliphatic heterocycles. The number of nitrogens with one attached hydrogen (secondary N) is 1. The lowest BCUT2D eigenvalue weighted by Gasteiger charge is -2.10. The van der Waals surface area contributed by atoms with Crippen molar-refractivity contribution in [3.05, 3.63) is 62.6 Å². The highest BCUT2D eigenvalue weighted by Gasteiger charge is 2.13. The van der Waals surface area contributed by atoms with Crippen molar-refractivity contribution in [3.63, 3.8) is 0 Å². The van der Waals surface area contributed by atoms with Crippen LogP contribution in [0.15, 0.2) is 40.9 Å². The number of aromatic carboxylic acids is 1. The number of anilines is 1. The van der Waals surface area contributed by atoms with Crippen LogP contribution in [0.4, 0.5) is 5.69 Å². The molecule has 108 valence electrons. The number of carboxylic acid groups (broad SMARTS) is 1. The largest absolute Gasteiger partial charge is 0.478 e. The fraction of sp³-hybridized carbons (Fsp3) is 0.0667. The molecule has 0 bridgehead atoms. The first-order valence-corrected chi connectivity index (χ1v) is 7.16. The van der Waals surface area contributed by atoms with E-state index in [4.69, 9.17) is 16.7 Å². The van der Waals surface area contributed by atoms with Crippen LogP contribution in [0.1, 0.15) is 26.3 Å². The number of hydrogen-bond donors (Lipinski definition) is 2. The van der Waals surface area contributed by atoms with E-state index in [9.17, 15) is 9.59 Å². The van der Waals surface area contributed by atoms with Gasteiger partial charge in [0.25, 0.3) is 5.91 Å². The van der Waals surface area contributed by atoms with E-state index in [-0.39, 0.29) is 11.5 Å². The molecule has 0 fully saturated rings. The van der Waals surface area contributed by atoms with E-state index in [1.165, 1.54) is 12.1 Å². The molecule has 2 aromatic carbocycles. The van der Waals surface area contributed by atoms with Crippen molar-refractivity contribution in [1.82, 2.24) is 0 Å². The summed E-state index contributed by atoms with van der Waals surface area (Å²) in [7, 11) is 0. The molecule has 2 rings (SSSR count). The summed E-state index contributed by atoms with van der Waals surface area (Å²) in [6, 6.07) is 9.40. The molecule has 0 saturated carbocycles. The van der Waals surface area contributed by atoms with Crippen LogP contribution in [0, 0.1) is 6.92 Å². The molecule has 4 nitrogen and oxygen atoms in total. The van der Waals surface area contributed by atoms with E-state index in [1.807, 2.05) is 0 Å². The molecule has 0 spiro atoms. The van der Waals surface area contributed by atoms with Gasteiger partial charge in [-0.15, -0.1) is 0 Å². The lowest BCUT2D eigenvalue weighted by Crippen LogP contribution is -2.14. The first kappa shape index (κ1) is 15.5. The van der Waals surface area contributed by atoms with Gasteiger partial charge in [-0.1, -0.05) is 17.7 Å². The number of aryl methyl sites for hydroxylation is 1. The van der Waals surface area contributed by atoms with Gasteiger partial charge in [-0.2, -0.15) is 0 Å². The van der Waals surface area contributed by atoms with Crippen molar-refractivity contribution < 1.29 is 14.7 Å². The number of halogens is 2. The van der Waals surface area contributed by atoms with Crippen molar-refractivity contribution >= 4 is 45.1 Å². The Morgan fingerprint density at radius 1 is 1.19 bits per heavy atom. The van der Waals surface area contributed by atoms with Crippen molar-refractivity contribution in [2.75, 3.05) is 5.32 Å². The number of carbonyl (C=O) groups excluding carboxylic acids is 1. The van der Waals surface area contributed by atoms with Gasteiger partial charge in [0.05, 0.1) is 11.1 Å². The van der Waals surface area contributed by atoms with Crippen molar-refractivity contribution in [1.29, 1.82) is 0 Å². The number of carbonyl (C=O) groups is 2. The minimum absolute atomic E-state index is 0.117. The van der Waals surface area contributed by atoms with Crippen LogP contribution in [0.25, 0.3) is 0 Å². The van der Waals surface area contributed by atoms with Gasteiger partial charge in [0.1, 0.15) is 0 Å². The molecule has 0 aromatic heterocycles. The van der Waals surface area contributed by atoms with Crippen LogP contribution in [0.3, 0.4) is 0 Å². The average Bonchev–Trinajstić information content (AvgIpc) is 2.40. The predicted octanol–water partition coefficient (Wildman–Crippen LogP) is 4.36. The third-order valence-electron chi connectivity index (χ3n) is 2.91. The molecular formula is C15H11BrClNO3. The van der Waals surface area contributed by atoms with E-state index < -0.39 is 5.97 Å². The topological polar surface area (TPSA) is 66.4 Å². The second kappa shape index (κ2) is 6.28. The molecule has 0 aliphatic rings. The monoisotopic (exact) mass is 367 g/mol. The van der Waals surface area contributed by atoms with E-state index in [1.54, 1.807) is 31.2 Å². The third kappa shape index (κ3) is 3.62. The Balaban J connectivity index is 2.31. The van der Waals surface area contributed by atoms with Crippen LogP contribution in [-0.4, -0.2) is 17.0 Å². The van der Waals surface area contributed by atoms with Gasteiger partial charge in [-0.05, 0) is 58.7 Å². The molecule has 0 unspecified atom stereocenters. The van der Waals surface area contributed by atoms with E-state index in [0.717, 1.165) is 5.56 Å². The number of rotatable bonds is 3. The van der Waals surface area contributed by atoms with Crippen LogP contribution in [-0.2, 0) is 0 Å². The zero-order chi connectivity index (χ0) is 15.6. The quantitative estimate of drug-likeness (QED) is 0.846. The third-order valence-corrected chi connectivity index (χ3v) is 3.80. The summed E-state index contributed by atoms with van der Waals surface area (Å²) < 4.78 is 0.569. The number of hydrogen-bond acceptors (Lipinski definition) is 2. The zero-order valence-electron chi connectivity index (χ0n) is 11.0. The second-order valence-electron chi connectivity index (χ2n) is 4.41. The second-order valence-corrected chi connectivity index (χ2v) is 5.70. The highest BCUT2D eigenvalue weighted by Crippen LogP contribution is 2.24. The first-order chi connectivity index (χ1) is 9.88. The van der Waals surface area contributed by atoms with Gasteiger partial charge in [0.2, 0.25) is 0 Å². The summed E-state index contributed by atoms with van der Waals surface area (Å²) in [6.45, 7) is 1.79. The van der Waals surface area contributed by atoms with Gasteiger partial charge in [0.15, 0.2) is 0 Å². The Bertz CT molecular complexity index is 731. The molecule has 0 radical (unpaired) electrons. The summed E-state index contributed by atoms with van der Waals surface area (Å²) in [5.41, 5.74) is 1.77. The van der Waals surface area contributed by atoms with E-state index >= 15 is 0 Å². The van der Waals surface area contributed by atoms with Crippen LogP contribution in [0.2, 0.25) is 5.02 Å². The maximum atomic E-state index is 12.2. The Morgan fingerprint density at radius 2 is 1.90 bits per heavy atom. The molecule has 0 atom stereocenters. The fourth-order valence-electron chi connectivity index (χ4n) is 1.75. The molecular weight excluding hydrogens is 358 g/mol. The number of benzene rings is 2.